The maximum atomic E-state index is 6.14. The van der Waals surface area contributed by atoms with Crippen LogP contribution in [0.4, 0.5) is 5.69 Å². The molecule has 0 unspecified atom stereocenters. The van der Waals surface area contributed by atoms with E-state index >= 15 is 0 Å². The van der Waals surface area contributed by atoms with Gasteiger partial charge in [-0.05, 0) is 37.3 Å². The van der Waals surface area contributed by atoms with Gasteiger partial charge in [-0.1, -0.05) is 47.0 Å². The van der Waals surface area contributed by atoms with Crippen LogP contribution in [0.1, 0.15) is 11.3 Å². The van der Waals surface area contributed by atoms with Crippen molar-refractivity contribution in [2.45, 2.75) is 6.92 Å². The van der Waals surface area contributed by atoms with Crippen LogP contribution in [-0.4, -0.2) is 52.4 Å². The molecule has 0 amide bonds. The summed E-state index contributed by atoms with van der Waals surface area (Å²) in [5.74, 6) is 0.758. The van der Waals surface area contributed by atoms with Gasteiger partial charge in [-0.15, -0.1) is 12.4 Å². The molecule has 0 radical (unpaired) electrons. The van der Waals surface area contributed by atoms with Gasteiger partial charge in [0.1, 0.15) is 0 Å². The van der Waals surface area contributed by atoms with Crippen molar-refractivity contribution in [3.63, 3.8) is 0 Å². The Kier molecular flexibility index (Phi) is 8.25. The van der Waals surface area contributed by atoms with E-state index in [2.05, 4.69) is 32.0 Å². The first-order valence-corrected chi connectivity index (χ1v) is 10.9. The molecular formula is C22H23Cl4N5. The number of piperazine rings is 1. The van der Waals surface area contributed by atoms with Crippen LogP contribution >= 0.6 is 47.2 Å². The van der Waals surface area contributed by atoms with Gasteiger partial charge >= 0.3 is 0 Å². The molecule has 0 bridgehead atoms. The van der Waals surface area contributed by atoms with E-state index in [0.717, 1.165) is 55.5 Å². The highest BCUT2D eigenvalue weighted by atomic mass is 35.5. The average molecular weight is 499 g/mol. The van der Waals surface area contributed by atoms with E-state index < -0.39 is 0 Å². The molecule has 3 aromatic rings. The Morgan fingerprint density at radius 2 is 1.65 bits per heavy atom. The third-order valence-electron chi connectivity index (χ3n) is 5.22. The van der Waals surface area contributed by atoms with Gasteiger partial charge in [0.05, 0.1) is 16.9 Å². The van der Waals surface area contributed by atoms with E-state index in [1.807, 2.05) is 42.1 Å². The molecule has 0 saturated carbocycles. The fourth-order valence-electron chi connectivity index (χ4n) is 3.55. The van der Waals surface area contributed by atoms with Crippen molar-refractivity contribution in [1.29, 1.82) is 0 Å². The van der Waals surface area contributed by atoms with E-state index in [4.69, 9.17) is 34.8 Å². The summed E-state index contributed by atoms with van der Waals surface area (Å²) >= 11 is 18.2. The fourth-order valence-corrected chi connectivity index (χ4v) is 4.18. The number of anilines is 1. The van der Waals surface area contributed by atoms with E-state index in [-0.39, 0.29) is 12.4 Å². The highest BCUT2D eigenvalue weighted by Gasteiger charge is 2.17. The summed E-state index contributed by atoms with van der Waals surface area (Å²) in [4.78, 5) is 9.09. The summed E-state index contributed by atoms with van der Waals surface area (Å²) in [5.41, 5.74) is 3.21. The molecule has 1 aliphatic rings. The molecular weight excluding hydrogens is 476 g/mol. The number of halogens is 4. The van der Waals surface area contributed by atoms with Gasteiger partial charge in [0.2, 0.25) is 0 Å². The molecule has 31 heavy (non-hydrogen) atoms. The van der Waals surface area contributed by atoms with Crippen molar-refractivity contribution in [1.82, 2.24) is 19.7 Å². The van der Waals surface area contributed by atoms with Crippen LogP contribution < -0.4 is 4.90 Å². The highest BCUT2D eigenvalue weighted by molar-refractivity contribution is 6.35. The van der Waals surface area contributed by atoms with Crippen molar-refractivity contribution in [2.24, 2.45) is 0 Å². The zero-order valence-electron chi connectivity index (χ0n) is 17.0. The zero-order valence-corrected chi connectivity index (χ0v) is 20.1. The summed E-state index contributed by atoms with van der Waals surface area (Å²) in [6.45, 7) is 6.81. The second-order valence-electron chi connectivity index (χ2n) is 7.25. The SMILES string of the molecule is Cc1c(/C=C/CN2CCN(c3cc(Cl)cc(Cl)c3)CC2)cnn1-c1ccc(Cl)cn1.Cl. The number of hydrogen-bond donors (Lipinski definition) is 0. The van der Waals surface area contributed by atoms with Gasteiger partial charge in [0.25, 0.3) is 0 Å². The quantitative estimate of drug-likeness (QED) is 0.446. The predicted molar refractivity (Wildman–Crippen MR) is 133 cm³/mol. The summed E-state index contributed by atoms with van der Waals surface area (Å²) in [5, 5.41) is 6.42. The minimum Gasteiger partial charge on any atom is -0.369 e. The second kappa shape index (κ2) is 10.7. The summed E-state index contributed by atoms with van der Waals surface area (Å²) in [7, 11) is 0. The maximum Gasteiger partial charge on any atom is 0.153 e. The molecule has 9 heteroatoms. The molecule has 0 spiro atoms. The van der Waals surface area contributed by atoms with Crippen molar-refractivity contribution < 1.29 is 0 Å². The zero-order chi connectivity index (χ0) is 21.1. The fraction of sp³-hybridized carbons (Fsp3) is 0.273. The Morgan fingerprint density at radius 3 is 2.29 bits per heavy atom. The lowest BCUT2D eigenvalue weighted by atomic mass is 10.2. The minimum atomic E-state index is 0. The minimum absolute atomic E-state index is 0. The molecule has 1 aromatic carbocycles. The number of aromatic nitrogens is 3. The lowest BCUT2D eigenvalue weighted by molar-refractivity contribution is 0.284. The lowest BCUT2D eigenvalue weighted by Crippen LogP contribution is -2.46. The number of nitrogens with zero attached hydrogens (tertiary/aromatic N) is 5. The van der Waals surface area contributed by atoms with Crippen molar-refractivity contribution in [3.05, 3.63) is 75.1 Å². The Balaban J connectivity index is 0.00000272. The standard InChI is InChI=1S/C22H22Cl3N5.ClH/c1-16-17(14-27-30(16)22-5-4-18(23)15-26-22)3-2-6-28-7-9-29(10-8-28)21-12-19(24)11-20(25)13-21;/h2-5,11-15H,6-10H2,1H3;1H/b3-2+;. The van der Waals surface area contributed by atoms with Crippen LogP contribution in [-0.2, 0) is 0 Å². The first-order chi connectivity index (χ1) is 14.5. The third-order valence-corrected chi connectivity index (χ3v) is 5.88. The molecule has 0 aliphatic carbocycles. The smallest absolute Gasteiger partial charge is 0.153 e. The van der Waals surface area contributed by atoms with E-state index in [9.17, 15) is 0 Å². The van der Waals surface area contributed by atoms with Gasteiger partial charge in [-0.25, -0.2) is 9.67 Å². The summed E-state index contributed by atoms with van der Waals surface area (Å²) in [6, 6.07) is 9.39. The largest absolute Gasteiger partial charge is 0.369 e. The summed E-state index contributed by atoms with van der Waals surface area (Å²) in [6.07, 6.45) is 7.81. The number of benzene rings is 1. The Morgan fingerprint density at radius 1 is 0.935 bits per heavy atom. The third kappa shape index (κ3) is 5.93. The molecule has 2 aromatic heterocycles. The Hall–Kier alpha value is -1.76. The summed E-state index contributed by atoms with van der Waals surface area (Å²) < 4.78 is 1.82. The van der Waals surface area contributed by atoms with E-state index in [1.54, 1.807) is 12.3 Å². The maximum absolute atomic E-state index is 6.14. The first-order valence-electron chi connectivity index (χ1n) is 9.76. The number of hydrogen-bond acceptors (Lipinski definition) is 4. The van der Waals surface area contributed by atoms with Crippen LogP contribution in [0.5, 0.6) is 0 Å². The molecule has 0 N–H and O–H groups in total. The van der Waals surface area contributed by atoms with Crippen molar-refractivity contribution in [2.75, 3.05) is 37.6 Å². The van der Waals surface area contributed by atoms with Gasteiger partial charge in [0.15, 0.2) is 5.82 Å². The van der Waals surface area contributed by atoms with Crippen LogP contribution in [0.15, 0.2) is 48.8 Å². The predicted octanol–water partition coefficient (Wildman–Crippen LogP) is 5.79. The number of pyridine rings is 1. The Labute approximate surface area is 203 Å². The van der Waals surface area contributed by atoms with Crippen LogP contribution in [0.25, 0.3) is 11.9 Å². The normalized spacial score (nSPS) is 14.8. The molecule has 1 fully saturated rings. The van der Waals surface area contributed by atoms with Crippen LogP contribution in [0.2, 0.25) is 15.1 Å². The topological polar surface area (TPSA) is 37.2 Å². The van der Waals surface area contributed by atoms with Gasteiger partial charge < -0.3 is 4.90 Å². The molecule has 4 rings (SSSR count). The number of rotatable bonds is 5. The van der Waals surface area contributed by atoms with E-state index in [1.165, 1.54) is 0 Å². The molecule has 1 saturated heterocycles. The van der Waals surface area contributed by atoms with Crippen LogP contribution in [0.3, 0.4) is 0 Å². The average Bonchev–Trinajstić information content (AvgIpc) is 3.09. The first kappa shape index (κ1) is 23.9. The molecule has 164 valence electrons. The lowest BCUT2D eigenvalue weighted by Gasteiger charge is -2.35. The monoisotopic (exact) mass is 497 g/mol. The molecule has 1 aliphatic heterocycles. The van der Waals surface area contributed by atoms with Crippen molar-refractivity contribution >= 4 is 59.0 Å². The van der Waals surface area contributed by atoms with E-state index in [0.29, 0.717) is 15.1 Å². The molecule has 0 atom stereocenters. The molecule has 5 nitrogen and oxygen atoms in total. The second-order valence-corrected chi connectivity index (χ2v) is 8.56. The van der Waals surface area contributed by atoms with Gasteiger partial charge in [-0.3, -0.25) is 4.90 Å². The Bertz CT molecular complexity index is 1020. The van der Waals surface area contributed by atoms with Gasteiger partial charge in [-0.2, -0.15) is 5.10 Å². The molecule has 3 heterocycles. The van der Waals surface area contributed by atoms with Crippen LogP contribution in [0, 0.1) is 6.92 Å². The highest BCUT2D eigenvalue weighted by Crippen LogP contribution is 2.26. The van der Waals surface area contributed by atoms with Crippen molar-refractivity contribution in [3.8, 4) is 5.82 Å². The van der Waals surface area contributed by atoms with Gasteiger partial charge in [0, 0.05) is 60.2 Å².